The standard InChI is InChI=1S/C25H28BrN7O5/c1-14-11-31(12-15(2)38-14)25(35)20-6-17(26)7-21(33(36)37)23(20)30-19-8-22(28-4)32(13-19)24(34)16-5-18(27-3)10-29-9-16/h5-7,9-10,14-15,19,22,27,30H,8,11-13H2,1-3H3/t14-,15+,19-,22?/m1/s1. The summed E-state index contributed by atoms with van der Waals surface area (Å²) < 4.78 is 6.13. The van der Waals surface area contributed by atoms with Crippen LogP contribution in [0.15, 0.2) is 35.1 Å². The number of nitrogens with one attached hydrogen (secondary N) is 2. The average Bonchev–Trinajstić information content (AvgIpc) is 3.30. The largest absolute Gasteiger partial charge is 0.387 e. The molecule has 200 valence electrons. The number of pyridine rings is 1. The van der Waals surface area contributed by atoms with E-state index in [2.05, 4.69) is 36.4 Å². The van der Waals surface area contributed by atoms with Crippen molar-refractivity contribution in [3.05, 3.63) is 67.7 Å². The minimum absolute atomic E-state index is 0.0666. The van der Waals surface area contributed by atoms with Gasteiger partial charge in [0.15, 0.2) is 0 Å². The molecule has 2 N–H and O–H groups in total. The number of nitrogens with zero attached hydrogens (tertiary/aromatic N) is 5. The quantitative estimate of drug-likeness (QED) is 0.298. The lowest BCUT2D eigenvalue weighted by Gasteiger charge is -2.35. The SMILES string of the molecule is [C-]#[N+]C1C[C@@H](Nc2c(C(=O)N3C[C@@H](C)O[C@@H](C)C3)cc(Br)cc2[N+](=O)[O-])CN1C(=O)c1cncc(NC)c1. The summed E-state index contributed by atoms with van der Waals surface area (Å²) in [6.45, 7) is 12.2. The number of carbonyl (C=O) groups excluding carboxylic acids is 2. The van der Waals surface area contributed by atoms with E-state index in [4.69, 9.17) is 11.3 Å². The summed E-state index contributed by atoms with van der Waals surface area (Å²) in [5.41, 5.74) is 0.920. The molecule has 13 heteroatoms. The summed E-state index contributed by atoms with van der Waals surface area (Å²) in [6, 6.07) is 4.05. The third kappa shape index (κ3) is 5.71. The van der Waals surface area contributed by atoms with Gasteiger partial charge >= 0.3 is 6.17 Å². The maximum atomic E-state index is 13.6. The first-order valence-electron chi connectivity index (χ1n) is 12.1. The Hall–Kier alpha value is -3.76. The van der Waals surface area contributed by atoms with Gasteiger partial charge in [-0.2, -0.15) is 0 Å². The van der Waals surface area contributed by atoms with E-state index in [0.29, 0.717) is 28.8 Å². The van der Waals surface area contributed by atoms with E-state index >= 15 is 0 Å². The average molecular weight is 586 g/mol. The maximum absolute atomic E-state index is 13.6. The summed E-state index contributed by atoms with van der Waals surface area (Å²) in [5.74, 6) is -0.723. The third-order valence-corrected chi connectivity index (χ3v) is 6.98. The topological polar surface area (TPSA) is 134 Å². The molecule has 12 nitrogen and oxygen atoms in total. The Morgan fingerprint density at radius 2 is 1.89 bits per heavy atom. The van der Waals surface area contributed by atoms with Crippen molar-refractivity contribution in [1.82, 2.24) is 14.8 Å². The second-order valence-electron chi connectivity index (χ2n) is 9.43. The van der Waals surface area contributed by atoms with Crippen LogP contribution in [-0.4, -0.2) is 82.6 Å². The summed E-state index contributed by atoms with van der Waals surface area (Å²) in [6.07, 6.45) is 2.13. The lowest BCUT2D eigenvalue weighted by Crippen LogP contribution is -2.48. The molecule has 2 aliphatic rings. The fraction of sp³-hybridized carbons (Fsp3) is 0.440. The van der Waals surface area contributed by atoms with Gasteiger partial charge in [-0.1, -0.05) is 15.9 Å². The number of anilines is 2. The van der Waals surface area contributed by atoms with E-state index in [9.17, 15) is 19.7 Å². The highest BCUT2D eigenvalue weighted by atomic mass is 79.9. The molecule has 1 unspecified atom stereocenters. The highest BCUT2D eigenvalue weighted by Gasteiger charge is 2.41. The number of hydrogen-bond acceptors (Lipinski definition) is 8. The van der Waals surface area contributed by atoms with Gasteiger partial charge in [0.2, 0.25) is 0 Å². The van der Waals surface area contributed by atoms with Crippen LogP contribution in [0.4, 0.5) is 17.1 Å². The monoisotopic (exact) mass is 585 g/mol. The molecule has 0 spiro atoms. The van der Waals surface area contributed by atoms with Crippen LogP contribution in [0.1, 0.15) is 41.0 Å². The van der Waals surface area contributed by atoms with E-state index in [0.717, 1.165) is 0 Å². The van der Waals surface area contributed by atoms with Gasteiger partial charge in [0.1, 0.15) is 5.69 Å². The van der Waals surface area contributed by atoms with Crippen molar-refractivity contribution in [2.75, 3.05) is 37.3 Å². The van der Waals surface area contributed by atoms with E-state index in [1.807, 2.05) is 13.8 Å². The zero-order valence-electron chi connectivity index (χ0n) is 21.2. The number of nitro groups is 1. The molecule has 0 saturated carbocycles. The number of halogens is 1. The van der Waals surface area contributed by atoms with Crippen molar-refractivity contribution < 1.29 is 19.2 Å². The number of aromatic nitrogens is 1. The number of likely N-dealkylation sites (tertiary alicyclic amines) is 1. The molecule has 3 heterocycles. The fourth-order valence-electron chi connectivity index (χ4n) is 4.90. The Morgan fingerprint density at radius 3 is 2.53 bits per heavy atom. The Labute approximate surface area is 228 Å². The molecule has 38 heavy (non-hydrogen) atoms. The number of amides is 2. The molecule has 2 aromatic rings. The van der Waals surface area contributed by atoms with E-state index < -0.39 is 17.1 Å². The molecule has 2 aliphatic heterocycles. The Morgan fingerprint density at radius 1 is 1.18 bits per heavy atom. The number of carbonyl (C=O) groups is 2. The number of rotatable bonds is 6. The summed E-state index contributed by atoms with van der Waals surface area (Å²) >= 11 is 3.30. The van der Waals surface area contributed by atoms with Gasteiger partial charge in [-0.3, -0.25) is 34.4 Å². The first-order chi connectivity index (χ1) is 18.1. The number of ether oxygens (including phenoxy) is 1. The highest BCUT2D eigenvalue weighted by Crippen LogP contribution is 2.36. The number of nitro benzene ring substituents is 1. The molecule has 0 aliphatic carbocycles. The maximum Gasteiger partial charge on any atom is 0.302 e. The molecule has 1 aromatic heterocycles. The lowest BCUT2D eigenvalue weighted by atomic mass is 10.1. The Bertz CT molecular complexity index is 1290. The molecule has 2 fully saturated rings. The fourth-order valence-corrected chi connectivity index (χ4v) is 5.34. The zero-order chi connectivity index (χ0) is 27.6. The second-order valence-corrected chi connectivity index (χ2v) is 10.3. The van der Waals surface area contributed by atoms with Crippen molar-refractivity contribution in [3.8, 4) is 0 Å². The van der Waals surface area contributed by atoms with Gasteiger partial charge in [0, 0.05) is 49.6 Å². The number of hydrogen-bond donors (Lipinski definition) is 2. The van der Waals surface area contributed by atoms with Crippen LogP contribution in [0.25, 0.3) is 4.85 Å². The molecule has 1 aromatic carbocycles. The summed E-state index contributed by atoms with van der Waals surface area (Å²) in [7, 11) is 1.71. The summed E-state index contributed by atoms with van der Waals surface area (Å²) in [5, 5.41) is 18.1. The second kappa shape index (κ2) is 11.3. The zero-order valence-corrected chi connectivity index (χ0v) is 22.8. The molecule has 0 bridgehead atoms. The van der Waals surface area contributed by atoms with Crippen LogP contribution in [-0.2, 0) is 4.74 Å². The van der Waals surface area contributed by atoms with Crippen LogP contribution in [0.3, 0.4) is 0 Å². The van der Waals surface area contributed by atoms with Gasteiger partial charge < -0.3 is 20.3 Å². The van der Waals surface area contributed by atoms with Gasteiger partial charge in [0.25, 0.3) is 17.5 Å². The van der Waals surface area contributed by atoms with Crippen LogP contribution in [0.2, 0.25) is 0 Å². The van der Waals surface area contributed by atoms with Crippen molar-refractivity contribution in [1.29, 1.82) is 0 Å². The van der Waals surface area contributed by atoms with E-state index in [1.165, 1.54) is 17.2 Å². The van der Waals surface area contributed by atoms with Crippen LogP contribution < -0.4 is 10.6 Å². The van der Waals surface area contributed by atoms with Crippen molar-refractivity contribution in [2.24, 2.45) is 0 Å². The number of morpholine rings is 1. The molecule has 0 radical (unpaired) electrons. The minimum Gasteiger partial charge on any atom is -0.387 e. The minimum atomic E-state index is -0.771. The van der Waals surface area contributed by atoms with Gasteiger partial charge in [0.05, 0.1) is 46.4 Å². The predicted molar refractivity (Wildman–Crippen MR) is 144 cm³/mol. The predicted octanol–water partition coefficient (Wildman–Crippen LogP) is 3.62. The van der Waals surface area contributed by atoms with Gasteiger partial charge in [-0.15, -0.1) is 0 Å². The van der Waals surface area contributed by atoms with Crippen LogP contribution in [0, 0.1) is 16.7 Å². The molecular formula is C25H28BrN7O5. The first-order valence-corrected chi connectivity index (χ1v) is 12.9. The lowest BCUT2D eigenvalue weighted by molar-refractivity contribution is -0.384. The van der Waals surface area contributed by atoms with Crippen LogP contribution >= 0.6 is 15.9 Å². The molecule has 4 atom stereocenters. The van der Waals surface area contributed by atoms with Crippen molar-refractivity contribution >= 4 is 44.8 Å². The third-order valence-electron chi connectivity index (χ3n) is 6.52. The molecule has 2 saturated heterocycles. The Balaban J connectivity index is 1.64. The first kappa shape index (κ1) is 27.3. The van der Waals surface area contributed by atoms with Crippen molar-refractivity contribution in [3.63, 3.8) is 0 Å². The summed E-state index contributed by atoms with van der Waals surface area (Å²) in [4.78, 5) is 49.1. The number of benzene rings is 1. The normalized spacial score (nSPS) is 23.0. The molecule has 2 amide bonds. The van der Waals surface area contributed by atoms with E-state index in [-0.39, 0.29) is 53.9 Å². The Kier molecular flexibility index (Phi) is 8.13. The van der Waals surface area contributed by atoms with Crippen molar-refractivity contribution in [2.45, 2.75) is 44.7 Å². The van der Waals surface area contributed by atoms with Gasteiger partial charge in [-0.25, -0.2) is 6.57 Å². The van der Waals surface area contributed by atoms with E-state index in [1.54, 1.807) is 30.3 Å². The molecule has 4 rings (SSSR count). The molecular weight excluding hydrogens is 558 g/mol. The van der Waals surface area contributed by atoms with Gasteiger partial charge in [-0.05, 0) is 26.0 Å². The highest BCUT2D eigenvalue weighted by molar-refractivity contribution is 9.10. The smallest absolute Gasteiger partial charge is 0.302 e. The van der Waals surface area contributed by atoms with Crippen LogP contribution in [0.5, 0.6) is 0 Å².